The van der Waals surface area contributed by atoms with Crippen LogP contribution in [0, 0.1) is 0 Å². The third-order valence-corrected chi connectivity index (χ3v) is 2.75. The predicted octanol–water partition coefficient (Wildman–Crippen LogP) is -0.254. The molecule has 3 amide bonds. The van der Waals surface area contributed by atoms with Gasteiger partial charge in [-0.05, 0) is 12.1 Å². The molecule has 0 aromatic heterocycles. The molecule has 0 bridgehead atoms. The molecule has 0 aliphatic heterocycles. The maximum atomic E-state index is 12.0. The average molecular weight is 307 g/mol. The van der Waals surface area contributed by atoms with Crippen LogP contribution in [0.15, 0.2) is 24.3 Å². The van der Waals surface area contributed by atoms with E-state index in [0.29, 0.717) is 0 Å². The Hall–Kier alpha value is -2.74. The number of imide groups is 1. The molecule has 8 heteroatoms. The maximum absolute atomic E-state index is 12.0. The van der Waals surface area contributed by atoms with Crippen molar-refractivity contribution in [2.24, 2.45) is 5.73 Å². The molecule has 0 heterocycles. The lowest BCUT2D eigenvalue weighted by Crippen LogP contribution is -2.44. The number of esters is 1. The lowest BCUT2D eigenvalue weighted by molar-refractivity contribution is -0.149. The van der Waals surface area contributed by atoms with Crippen molar-refractivity contribution in [3.8, 4) is 0 Å². The third-order valence-electron chi connectivity index (χ3n) is 2.75. The number of benzene rings is 1. The SMILES string of the molecule is COC(=O)c1ccccc1NC(=O)C(=O)N(CCN)C(C)=O. The molecule has 0 fully saturated rings. The Morgan fingerprint density at radius 2 is 1.86 bits per heavy atom. The summed E-state index contributed by atoms with van der Waals surface area (Å²) in [5, 5.41) is 2.30. The molecular formula is C14H17N3O5. The van der Waals surface area contributed by atoms with Crippen molar-refractivity contribution >= 4 is 29.4 Å². The highest BCUT2D eigenvalue weighted by molar-refractivity contribution is 6.42. The number of methoxy groups -OCH3 is 1. The number of nitrogens with one attached hydrogen (secondary N) is 1. The first-order valence-electron chi connectivity index (χ1n) is 6.43. The van der Waals surface area contributed by atoms with Gasteiger partial charge in [0.2, 0.25) is 5.91 Å². The molecule has 3 N–H and O–H groups in total. The van der Waals surface area contributed by atoms with Crippen LogP contribution in [-0.4, -0.2) is 48.8 Å². The number of anilines is 1. The van der Waals surface area contributed by atoms with Crippen molar-refractivity contribution in [3.63, 3.8) is 0 Å². The smallest absolute Gasteiger partial charge is 0.339 e. The monoisotopic (exact) mass is 307 g/mol. The molecule has 0 aliphatic carbocycles. The normalized spacial score (nSPS) is 9.77. The molecule has 1 aromatic rings. The van der Waals surface area contributed by atoms with Gasteiger partial charge in [0.15, 0.2) is 0 Å². The molecule has 0 saturated heterocycles. The van der Waals surface area contributed by atoms with Gasteiger partial charge in [-0.1, -0.05) is 12.1 Å². The fourth-order valence-corrected chi connectivity index (χ4v) is 1.71. The first kappa shape index (κ1) is 17.3. The van der Waals surface area contributed by atoms with E-state index in [-0.39, 0.29) is 24.3 Å². The Balaban J connectivity index is 2.95. The number of hydrogen-bond acceptors (Lipinski definition) is 6. The van der Waals surface area contributed by atoms with Crippen molar-refractivity contribution in [1.82, 2.24) is 4.90 Å². The van der Waals surface area contributed by atoms with Gasteiger partial charge in [0.1, 0.15) is 0 Å². The zero-order valence-electron chi connectivity index (χ0n) is 12.3. The van der Waals surface area contributed by atoms with E-state index in [1.807, 2.05) is 0 Å². The first-order chi connectivity index (χ1) is 10.4. The lowest BCUT2D eigenvalue weighted by Gasteiger charge is -2.17. The zero-order valence-corrected chi connectivity index (χ0v) is 12.3. The first-order valence-corrected chi connectivity index (χ1v) is 6.43. The number of hydrogen-bond donors (Lipinski definition) is 2. The topological polar surface area (TPSA) is 119 Å². The summed E-state index contributed by atoms with van der Waals surface area (Å²) in [5.41, 5.74) is 5.51. The summed E-state index contributed by atoms with van der Waals surface area (Å²) in [6, 6.07) is 6.04. The molecule has 22 heavy (non-hydrogen) atoms. The number of nitrogens with two attached hydrogens (primary N) is 1. The lowest BCUT2D eigenvalue weighted by atomic mass is 10.2. The van der Waals surface area contributed by atoms with Gasteiger partial charge in [-0.25, -0.2) is 4.79 Å². The molecule has 118 valence electrons. The molecule has 1 rings (SSSR count). The van der Waals surface area contributed by atoms with E-state index in [0.717, 1.165) is 11.8 Å². The summed E-state index contributed by atoms with van der Waals surface area (Å²) in [5.74, 6) is -3.33. The highest BCUT2D eigenvalue weighted by Gasteiger charge is 2.25. The van der Waals surface area contributed by atoms with Crippen molar-refractivity contribution in [2.75, 3.05) is 25.5 Å². The second kappa shape index (κ2) is 7.89. The maximum Gasteiger partial charge on any atom is 0.339 e. The van der Waals surface area contributed by atoms with Crippen LogP contribution in [-0.2, 0) is 19.1 Å². The van der Waals surface area contributed by atoms with Crippen molar-refractivity contribution in [1.29, 1.82) is 0 Å². The van der Waals surface area contributed by atoms with Crippen LogP contribution in [0.5, 0.6) is 0 Å². The minimum absolute atomic E-state index is 0.0390. The number of carbonyl (C=O) groups excluding carboxylic acids is 4. The number of carbonyl (C=O) groups is 4. The van der Waals surface area contributed by atoms with Gasteiger partial charge in [-0.2, -0.15) is 0 Å². The summed E-state index contributed by atoms with van der Waals surface area (Å²) >= 11 is 0. The summed E-state index contributed by atoms with van der Waals surface area (Å²) in [6.07, 6.45) is 0. The van der Waals surface area contributed by atoms with E-state index in [4.69, 9.17) is 5.73 Å². The Morgan fingerprint density at radius 3 is 2.41 bits per heavy atom. The summed E-state index contributed by atoms with van der Waals surface area (Å²) in [4.78, 5) is 47.6. The van der Waals surface area contributed by atoms with E-state index in [9.17, 15) is 19.2 Å². The van der Waals surface area contributed by atoms with Crippen LogP contribution < -0.4 is 11.1 Å². The Morgan fingerprint density at radius 1 is 1.23 bits per heavy atom. The molecule has 0 saturated carbocycles. The highest BCUT2D eigenvalue weighted by atomic mass is 16.5. The second-order valence-corrected chi connectivity index (χ2v) is 4.26. The van der Waals surface area contributed by atoms with Crippen LogP contribution in [0.4, 0.5) is 5.69 Å². The summed E-state index contributed by atoms with van der Waals surface area (Å²) in [6.45, 7) is 1.13. The molecular weight excluding hydrogens is 290 g/mol. The molecule has 1 aromatic carbocycles. The fourth-order valence-electron chi connectivity index (χ4n) is 1.71. The van der Waals surface area contributed by atoms with Crippen LogP contribution in [0.2, 0.25) is 0 Å². The van der Waals surface area contributed by atoms with Gasteiger partial charge in [0.25, 0.3) is 0 Å². The Labute approximate surface area is 127 Å². The van der Waals surface area contributed by atoms with Crippen LogP contribution >= 0.6 is 0 Å². The Kier molecular flexibility index (Phi) is 6.21. The van der Waals surface area contributed by atoms with Crippen LogP contribution in [0.25, 0.3) is 0 Å². The second-order valence-electron chi connectivity index (χ2n) is 4.26. The number of rotatable bonds is 4. The van der Waals surface area contributed by atoms with E-state index in [1.165, 1.54) is 19.2 Å². The number of nitrogens with zero attached hydrogens (tertiary/aromatic N) is 1. The van der Waals surface area contributed by atoms with Crippen molar-refractivity contribution < 1.29 is 23.9 Å². The highest BCUT2D eigenvalue weighted by Crippen LogP contribution is 2.16. The standard InChI is InChI=1S/C14H17N3O5/c1-9(18)17(8-7-15)13(20)12(19)16-11-6-4-3-5-10(11)14(21)22-2/h3-6H,7-8,15H2,1-2H3,(H,16,19). The summed E-state index contributed by atoms with van der Waals surface area (Å²) in [7, 11) is 1.20. The zero-order chi connectivity index (χ0) is 16.7. The van der Waals surface area contributed by atoms with Gasteiger partial charge in [-0.3, -0.25) is 19.3 Å². The minimum Gasteiger partial charge on any atom is -0.465 e. The third kappa shape index (κ3) is 4.13. The number of para-hydroxylation sites is 1. The van der Waals surface area contributed by atoms with Gasteiger partial charge >= 0.3 is 17.8 Å². The van der Waals surface area contributed by atoms with Gasteiger partial charge in [-0.15, -0.1) is 0 Å². The molecule has 0 atom stereocenters. The van der Waals surface area contributed by atoms with E-state index < -0.39 is 23.7 Å². The largest absolute Gasteiger partial charge is 0.465 e. The summed E-state index contributed by atoms with van der Waals surface area (Å²) < 4.78 is 4.59. The number of amides is 3. The molecule has 0 aliphatic rings. The van der Waals surface area contributed by atoms with Gasteiger partial charge in [0.05, 0.1) is 18.4 Å². The van der Waals surface area contributed by atoms with Gasteiger partial charge in [0, 0.05) is 20.0 Å². The molecule has 0 spiro atoms. The van der Waals surface area contributed by atoms with Crippen molar-refractivity contribution in [2.45, 2.75) is 6.92 Å². The Bertz CT molecular complexity index is 600. The molecule has 0 radical (unpaired) electrons. The molecule has 0 unspecified atom stereocenters. The van der Waals surface area contributed by atoms with Crippen LogP contribution in [0.3, 0.4) is 0 Å². The van der Waals surface area contributed by atoms with Gasteiger partial charge < -0.3 is 15.8 Å². The fraction of sp³-hybridized carbons (Fsp3) is 0.286. The van der Waals surface area contributed by atoms with Crippen molar-refractivity contribution in [3.05, 3.63) is 29.8 Å². The quantitative estimate of drug-likeness (QED) is 0.584. The molecule has 8 nitrogen and oxygen atoms in total. The minimum atomic E-state index is -1.04. The van der Waals surface area contributed by atoms with E-state index in [2.05, 4.69) is 10.1 Å². The average Bonchev–Trinajstić information content (AvgIpc) is 2.51. The number of ether oxygens (including phenoxy) is 1. The van der Waals surface area contributed by atoms with Crippen LogP contribution in [0.1, 0.15) is 17.3 Å². The predicted molar refractivity (Wildman–Crippen MR) is 77.9 cm³/mol. The van der Waals surface area contributed by atoms with E-state index in [1.54, 1.807) is 12.1 Å². The van der Waals surface area contributed by atoms with E-state index >= 15 is 0 Å².